The maximum atomic E-state index is 9.87. The molecule has 0 radical (unpaired) electrons. The highest BCUT2D eigenvalue weighted by Crippen LogP contribution is 2.31. The van der Waals surface area contributed by atoms with Crippen molar-refractivity contribution >= 4 is 31.9 Å². The van der Waals surface area contributed by atoms with E-state index >= 15 is 0 Å². The number of hydrogen-bond acceptors (Lipinski definition) is 2. The lowest BCUT2D eigenvalue weighted by Crippen LogP contribution is -2.29. The second-order valence-corrected chi connectivity index (χ2v) is 5.94. The lowest BCUT2D eigenvalue weighted by molar-refractivity contribution is 0.218. The van der Waals surface area contributed by atoms with Gasteiger partial charge in [-0.05, 0) is 69.9 Å². The molecule has 2 rings (SSSR count). The average molecular weight is 349 g/mol. The lowest BCUT2D eigenvalue weighted by atomic mass is 10.1. The molecule has 1 aliphatic heterocycles. The van der Waals surface area contributed by atoms with E-state index in [1.165, 1.54) is 19.3 Å². The van der Waals surface area contributed by atoms with Crippen molar-refractivity contribution < 1.29 is 5.11 Å². The van der Waals surface area contributed by atoms with Gasteiger partial charge in [-0.2, -0.15) is 0 Å². The van der Waals surface area contributed by atoms with Gasteiger partial charge in [0.2, 0.25) is 0 Å². The summed E-state index contributed by atoms with van der Waals surface area (Å²) in [6.45, 7) is 3.14. The van der Waals surface area contributed by atoms with Crippen LogP contribution < -0.4 is 0 Å². The standard InChI is InChI=1S/C12H15Br2NO/c13-10-6-9(12(16)7-11(10)14)8-15-4-2-1-3-5-15/h6-7,16H,1-5,8H2. The molecule has 0 aliphatic carbocycles. The molecular weight excluding hydrogens is 334 g/mol. The van der Waals surface area contributed by atoms with E-state index in [9.17, 15) is 5.11 Å². The zero-order chi connectivity index (χ0) is 11.5. The van der Waals surface area contributed by atoms with Gasteiger partial charge in [-0.15, -0.1) is 0 Å². The number of rotatable bonds is 2. The summed E-state index contributed by atoms with van der Waals surface area (Å²) in [5.74, 6) is 0.376. The molecule has 2 nitrogen and oxygen atoms in total. The van der Waals surface area contributed by atoms with Gasteiger partial charge < -0.3 is 5.11 Å². The largest absolute Gasteiger partial charge is 0.508 e. The fourth-order valence-corrected chi connectivity index (χ4v) is 2.78. The maximum Gasteiger partial charge on any atom is 0.121 e. The quantitative estimate of drug-likeness (QED) is 0.876. The van der Waals surface area contributed by atoms with E-state index in [0.29, 0.717) is 5.75 Å². The van der Waals surface area contributed by atoms with Crippen molar-refractivity contribution in [1.82, 2.24) is 4.90 Å². The fourth-order valence-electron chi connectivity index (χ4n) is 2.06. The summed E-state index contributed by atoms with van der Waals surface area (Å²) in [6, 6.07) is 3.75. The maximum absolute atomic E-state index is 9.87. The topological polar surface area (TPSA) is 23.5 Å². The van der Waals surface area contributed by atoms with Crippen LogP contribution in [-0.2, 0) is 6.54 Å². The van der Waals surface area contributed by atoms with Gasteiger partial charge in [-0.1, -0.05) is 6.42 Å². The van der Waals surface area contributed by atoms with E-state index in [1.54, 1.807) is 6.07 Å². The average Bonchev–Trinajstić information content (AvgIpc) is 2.27. The summed E-state index contributed by atoms with van der Waals surface area (Å²) in [7, 11) is 0. The van der Waals surface area contributed by atoms with Crippen molar-refractivity contribution in [3.63, 3.8) is 0 Å². The number of phenols is 1. The van der Waals surface area contributed by atoms with E-state index in [-0.39, 0.29) is 0 Å². The Labute approximate surface area is 113 Å². The Bertz CT molecular complexity index is 376. The molecule has 1 heterocycles. The van der Waals surface area contributed by atoms with Crippen LogP contribution in [-0.4, -0.2) is 23.1 Å². The van der Waals surface area contributed by atoms with Gasteiger partial charge in [-0.3, -0.25) is 4.90 Å². The van der Waals surface area contributed by atoms with Crippen molar-refractivity contribution in [2.75, 3.05) is 13.1 Å². The SMILES string of the molecule is Oc1cc(Br)c(Br)cc1CN1CCCCC1. The first-order chi connectivity index (χ1) is 7.66. The number of hydrogen-bond donors (Lipinski definition) is 1. The Hall–Kier alpha value is -0.0600. The first kappa shape index (κ1) is 12.4. The van der Waals surface area contributed by atoms with Crippen LogP contribution in [0.25, 0.3) is 0 Å². The summed E-state index contributed by atoms with van der Waals surface area (Å²) in [5, 5.41) is 9.87. The predicted molar refractivity (Wildman–Crippen MR) is 72.6 cm³/mol. The molecule has 0 atom stereocenters. The molecule has 4 heteroatoms. The molecule has 16 heavy (non-hydrogen) atoms. The molecule has 0 saturated carbocycles. The summed E-state index contributed by atoms with van der Waals surface area (Å²) >= 11 is 6.85. The minimum atomic E-state index is 0.376. The molecule has 0 spiro atoms. The van der Waals surface area contributed by atoms with Crippen molar-refractivity contribution in [3.8, 4) is 5.75 Å². The van der Waals surface area contributed by atoms with Crippen molar-refractivity contribution in [2.24, 2.45) is 0 Å². The number of benzene rings is 1. The zero-order valence-electron chi connectivity index (χ0n) is 9.05. The van der Waals surface area contributed by atoms with Gasteiger partial charge in [0.05, 0.1) is 0 Å². The summed E-state index contributed by atoms with van der Waals surface area (Å²) in [4.78, 5) is 2.40. The number of piperidine rings is 1. The van der Waals surface area contributed by atoms with Crippen molar-refractivity contribution in [3.05, 3.63) is 26.6 Å². The molecule has 1 fully saturated rings. The monoisotopic (exact) mass is 347 g/mol. The van der Waals surface area contributed by atoms with E-state index in [0.717, 1.165) is 34.1 Å². The van der Waals surface area contributed by atoms with Gasteiger partial charge in [-0.25, -0.2) is 0 Å². The molecule has 1 saturated heterocycles. The normalized spacial score (nSPS) is 17.6. The van der Waals surface area contributed by atoms with Gasteiger partial charge in [0.15, 0.2) is 0 Å². The van der Waals surface area contributed by atoms with Crippen LogP contribution in [0.1, 0.15) is 24.8 Å². The minimum absolute atomic E-state index is 0.376. The first-order valence-electron chi connectivity index (χ1n) is 5.56. The Kier molecular flexibility index (Phi) is 4.27. The highest BCUT2D eigenvalue weighted by molar-refractivity contribution is 9.13. The highest BCUT2D eigenvalue weighted by Gasteiger charge is 2.13. The number of phenolic OH excluding ortho intramolecular Hbond substituents is 1. The molecular formula is C12H15Br2NO. The van der Waals surface area contributed by atoms with Crippen LogP contribution in [0.3, 0.4) is 0 Å². The molecule has 0 unspecified atom stereocenters. The minimum Gasteiger partial charge on any atom is -0.508 e. The summed E-state index contributed by atoms with van der Waals surface area (Å²) in [5.41, 5.74) is 0.997. The van der Waals surface area contributed by atoms with Gasteiger partial charge in [0, 0.05) is 21.1 Å². The molecule has 0 amide bonds. The molecule has 1 aromatic rings. The number of likely N-dealkylation sites (tertiary alicyclic amines) is 1. The Balaban J connectivity index is 2.11. The van der Waals surface area contributed by atoms with E-state index in [2.05, 4.69) is 36.8 Å². The molecule has 0 bridgehead atoms. The van der Waals surface area contributed by atoms with Crippen LogP contribution in [0.5, 0.6) is 5.75 Å². The third kappa shape index (κ3) is 2.99. The number of halogens is 2. The Morgan fingerprint density at radius 3 is 2.38 bits per heavy atom. The second kappa shape index (κ2) is 5.52. The highest BCUT2D eigenvalue weighted by atomic mass is 79.9. The van der Waals surface area contributed by atoms with Crippen LogP contribution >= 0.6 is 31.9 Å². The third-order valence-electron chi connectivity index (χ3n) is 2.96. The van der Waals surface area contributed by atoms with Gasteiger partial charge in [0.1, 0.15) is 5.75 Å². The molecule has 88 valence electrons. The number of aromatic hydroxyl groups is 1. The van der Waals surface area contributed by atoms with E-state index in [1.807, 2.05) is 6.07 Å². The molecule has 1 N–H and O–H groups in total. The molecule has 1 aromatic carbocycles. The van der Waals surface area contributed by atoms with E-state index in [4.69, 9.17) is 0 Å². The third-order valence-corrected chi connectivity index (χ3v) is 4.81. The van der Waals surface area contributed by atoms with Gasteiger partial charge in [0.25, 0.3) is 0 Å². The van der Waals surface area contributed by atoms with Crippen LogP contribution in [0.2, 0.25) is 0 Å². The summed E-state index contributed by atoms with van der Waals surface area (Å²) in [6.07, 6.45) is 3.89. The van der Waals surface area contributed by atoms with Crippen molar-refractivity contribution in [1.29, 1.82) is 0 Å². The first-order valence-corrected chi connectivity index (χ1v) is 7.14. The summed E-state index contributed by atoms with van der Waals surface area (Å²) < 4.78 is 1.89. The Morgan fingerprint density at radius 1 is 1.06 bits per heavy atom. The molecule has 1 aliphatic rings. The van der Waals surface area contributed by atoms with Gasteiger partial charge >= 0.3 is 0 Å². The van der Waals surface area contributed by atoms with Crippen molar-refractivity contribution in [2.45, 2.75) is 25.8 Å². The second-order valence-electron chi connectivity index (χ2n) is 4.23. The number of nitrogens with zero attached hydrogens (tertiary/aromatic N) is 1. The van der Waals surface area contributed by atoms with Crippen LogP contribution in [0.4, 0.5) is 0 Å². The predicted octanol–water partition coefficient (Wildman–Crippen LogP) is 3.90. The Morgan fingerprint density at radius 2 is 1.69 bits per heavy atom. The van der Waals surface area contributed by atoms with E-state index < -0.39 is 0 Å². The lowest BCUT2D eigenvalue weighted by Gasteiger charge is -2.26. The fraction of sp³-hybridized carbons (Fsp3) is 0.500. The van der Waals surface area contributed by atoms with Crippen LogP contribution in [0.15, 0.2) is 21.1 Å². The zero-order valence-corrected chi connectivity index (χ0v) is 12.2. The molecule has 0 aromatic heterocycles. The van der Waals surface area contributed by atoms with Crippen LogP contribution in [0, 0.1) is 0 Å². The smallest absolute Gasteiger partial charge is 0.121 e.